The molecule has 1 aromatic carbocycles. The Bertz CT molecular complexity index is 524. The number of hydrogen-bond donors (Lipinski definition) is 1. The molecule has 0 aliphatic heterocycles. The van der Waals surface area contributed by atoms with Crippen LogP contribution in [-0.4, -0.2) is 22.3 Å². The van der Waals surface area contributed by atoms with Gasteiger partial charge in [-0.05, 0) is 18.2 Å². The van der Waals surface area contributed by atoms with Crippen LogP contribution in [0.25, 0.3) is 6.08 Å². The number of allylic oxidation sites excluding steroid dienone is 1. The minimum Gasteiger partial charge on any atom is -0.477 e. The van der Waals surface area contributed by atoms with Gasteiger partial charge in [0.2, 0.25) is 0 Å². The monoisotopic (exact) mass is 239 g/mol. The molecule has 1 aromatic rings. The van der Waals surface area contributed by atoms with Gasteiger partial charge in [0.25, 0.3) is 5.69 Å². The fourth-order valence-corrected chi connectivity index (χ4v) is 1.17. The second-order valence-corrected chi connectivity index (χ2v) is 2.95. The molecule has 0 heterocycles. The Balaban J connectivity index is 3.44. The fourth-order valence-electron chi connectivity index (χ4n) is 1.17. The molecular formula is C10H6FNO5. The summed E-state index contributed by atoms with van der Waals surface area (Å²) in [4.78, 5) is 30.4. The number of halogens is 1. The van der Waals surface area contributed by atoms with Crippen LogP contribution in [-0.2, 0) is 4.79 Å². The topological polar surface area (TPSA) is 97.5 Å². The molecule has 0 radical (unpaired) electrons. The Morgan fingerprint density at radius 2 is 2.12 bits per heavy atom. The van der Waals surface area contributed by atoms with Gasteiger partial charge in [-0.3, -0.25) is 14.9 Å². The third-order valence-corrected chi connectivity index (χ3v) is 1.90. The maximum Gasteiger partial charge on any atom is 0.342 e. The van der Waals surface area contributed by atoms with Crippen molar-refractivity contribution >= 4 is 24.0 Å². The van der Waals surface area contributed by atoms with E-state index in [-0.39, 0.29) is 5.56 Å². The molecule has 88 valence electrons. The van der Waals surface area contributed by atoms with E-state index < -0.39 is 28.0 Å². The lowest BCUT2D eigenvalue weighted by atomic mass is 10.1. The van der Waals surface area contributed by atoms with Gasteiger partial charge in [-0.15, -0.1) is 0 Å². The molecule has 17 heavy (non-hydrogen) atoms. The van der Waals surface area contributed by atoms with Gasteiger partial charge in [-0.2, -0.15) is 0 Å². The number of benzene rings is 1. The first kappa shape index (κ1) is 12.5. The molecule has 0 atom stereocenters. The van der Waals surface area contributed by atoms with Gasteiger partial charge in [0.1, 0.15) is 17.7 Å². The predicted molar refractivity (Wildman–Crippen MR) is 55.1 cm³/mol. The van der Waals surface area contributed by atoms with E-state index in [9.17, 15) is 24.1 Å². The highest BCUT2D eigenvalue weighted by Crippen LogP contribution is 2.23. The van der Waals surface area contributed by atoms with Crippen LogP contribution < -0.4 is 0 Å². The summed E-state index contributed by atoms with van der Waals surface area (Å²) in [6.07, 6.45) is 2.33. The molecule has 1 N–H and O–H groups in total. The zero-order valence-corrected chi connectivity index (χ0v) is 8.29. The zero-order chi connectivity index (χ0) is 13.0. The molecule has 0 fully saturated rings. The van der Waals surface area contributed by atoms with E-state index in [2.05, 4.69) is 0 Å². The Hall–Kier alpha value is -2.57. The summed E-state index contributed by atoms with van der Waals surface area (Å²) in [5.74, 6) is -2.55. The molecular weight excluding hydrogens is 233 g/mol. The van der Waals surface area contributed by atoms with Gasteiger partial charge in [0.15, 0.2) is 0 Å². The summed E-state index contributed by atoms with van der Waals surface area (Å²) in [5, 5.41) is 19.3. The highest BCUT2D eigenvalue weighted by atomic mass is 19.1. The van der Waals surface area contributed by atoms with Crippen LogP contribution >= 0.6 is 0 Å². The molecule has 0 amide bonds. The summed E-state index contributed by atoms with van der Waals surface area (Å²) in [6, 6.07) is 1.31. The first-order chi connectivity index (χ1) is 7.97. The van der Waals surface area contributed by atoms with Gasteiger partial charge < -0.3 is 5.11 Å². The largest absolute Gasteiger partial charge is 0.477 e. The Morgan fingerprint density at radius 3 is 2.59 bits per heavy atom. The number of aromatic carboxylic acids is 1. The number of aldehydes is 1. The van der Waals surface area contributed by atoms with Gasteiger partial charge in [0, 0.05) is 11.6 Å². The maximum absolute atomic E-state index is 13.3. The average molecular weight is 239 g/mol. The first-order valence-electron chi connectivity index (χ1n) is 4.30. The molecule has 1 rings (SSSR count). The summed E-state index contributed by atoms with van der Waals surface area (Å²) in [5.41, 5.74) is -1.70. The van der Waals surface area contributed by atoms with Crippen molar-refractivity contribution in [2.75, 3.05) is 0 Å². The van der Waals surface area contributed by atoms with Crippen molar-refractivity contribution in [3.05, 3.63) is 45.3 Å². The Morgan fingerprint density at radius 1 is 1.47 bits per heavy atom. The van der Waals surface area contributed by atoms with Crippen molar-refractivity contribution in [1.82, 2.24) is 0 Å². The molecule has 0 unspecified atom stereocenters. The number of carbonyl (C=O) groups is 2. The first-order valence-corrected chi connectivity index (χ1v) is 4.30. The number of carboxylic acids is 1. The fraction of sp³-hybridized carbons (Fsp3) is 0. The molecule has 0 saturated carbocycles. The molecule has 0 aromatic heterocycles. The molecule has 7 heteroatoms. The number of hydrogen-bond acceptors (Lipinski definition) is 4. The SMILES string of the molecule is O=CC=Cc1cc([N+](=O)[O-])c(C(=O)O)cc1F. The standard InChI is InChI=1S/C10H6FNO5/c11-8-5-7(10(14)15)9(12(16)17)4-6(8)2-1-3-13/h1-5H,(H,14,15). The molecule has 0 bridgehead atoms. The average Bonchev–Trinajstić information content (AvgIpc) is 2.26. The van der Waals surface area contributed by atoms with Crippen LogP contribution in [0.1, 0.15) is 15.9 Å². The van der Waals surface area contributed by atoms with Gasteiger partial charge in [-0.25, -0.2) is 9.18 Å². The van der Waals surface area contributed by atoms with Crippen molar-refractivity contribution in [1.29, 1.82) is 0 Å². The summed E-state index contributed by atoms with van der Waals surface area (Å²) >= 11 is 0. The van der Waals surface area contributed by atoms with E-state index in [1.165, 1.54) is 0 Å². The van der Waals surface area contributed by atoms with Gasteiger partial charge in [0.05, 0.1) is 4.92 Å². The van der Waals surface area contributed by atoms with Crippen molar-refractivity contribution in [2.45, 2.75) is 0 Å². The van der Waals surface area contributed by atoms with Crippen molar-refractivity contribution in [3.8, 4) is 0 Å². The molecule has 0 aliphatic carbocycles. The Labute approximate surface area is 94.1 Å². The zero-order valence-electron chi connectivity index (χ0n) is 8.29. The second-order valence-electron chi connectivity index (χ2n) is 2.95. The van der Waals surface area contributed by atoms with Crippen molar-refractivity contribution in [2.24, 2.45) is 0 Å². The lowest BCUT2D eigenvalue weighted by molar-refractivity contribution is -0.385. The summed E-state index contributed by atoms with van der Waals surface area (Å²) in [7, 11) is 0. The number of carbonyl (C=O) groups excluding carboxylic acids is 1. The molecule has 0 saturated heterocycles. The van der Waals surface area contributed by atoms with Crippen molar-refractivity contribution in [3.63, 3.8) is 0 Å². The van der Waals surface area contributed by atoms with Crippen molar-refractivity contribution < 1.29 is 24.0 Å². The maximum atomic E-state index is 13.3. The Kier molecular flexibility index (Phi) is 3.66. The predicted octanol–water partition coefficient (Wildman–Crippen LogP) is 1.64. The van der Waals surface area contributed by atoms with Crippen LogP contribution in [0.3, 0.4) is 0 Å². The molecule has 0 aliphatic rings. The number of nitrogens with zero attached hydrogens (tertiary/aromatic N) is 1. The van der Waals surface area contributed by atoms with Crippen LogP contribution in [0.4, 0.5) is 10.1 Å². The lowest BCUT2D eigenvalue weighted by Gasteiger charge is -2.01. The third kappa shape index (κ3) is 2.71. The van der Waals surface area contributed by atoms with E-state index in [0.29, 0.717) is 12.4 Å². The summed E-state index contributed by atoms with van der Waals surface area (Å²) in [6.45, 7) is 0. The van der Waals surface area contributed by atoms with E-state index in [1.807, 2.05) is 0 Å². The molecule has 6 nitrogen and oxygen atoms in total. The van der Waals surface area contributed by atoms with Gasteiger partial charge >= 0.3 is 5.97 Å². The smallest absolute Gasteiger partial charge is 0.342 e. The number of nitro groups is 1. The summed E-state index contributed by atoms with van der Waals surface area (Å²) < 4.78 is 13.3. The number of nitro benzene ring substituents is 1. The van der Waals surface area contributed by atoms with E-state index in [1.54, 1.807) is 0 Å². The number of rotatable bonds is 4. The van der Waals surface area contributed by atoms with Crippen LogP contribution in [0.2, 0.25) is 0 Å². The van der Waals surface area contributed by atoms with E-state index >= 15 is 0 Å². The van der Waals surface area contributed by atoms with Crippen LogP contribution in [0.15, 0.2) is 18.2 Å². The molecule has 0 spiro atoms. The highest BCUT2D eigenvalue weighted by Gasteiger charge is 2.22. The van der Waals surface area contributed by atoms with E-state index in [0.717, 1.165) is 18.2 Å². The third-order valence-electron chi connectivity index (χ3n) is 1.90. The normalized spacial score (nSPS) is 10.4. The number of carboxylic acid groups (broad SMARTS) is 1. The highest BCUT2D eigenvalue weighted by molar-refractivity contribution is 5.93. The minimum atomic E-state index is -1.60. The lowest BCUT2D eigenvalue weighted by Crippen LogP contribution is -2.04. The quantitative estimate of drug-likeness (QED) is 0.373. The van der Waals surface area contributed by atoms with Crippen LogP contribution in [0, 0.1) is 15.9 Å². The van der Waals surface area contributed by atoms with Gasteiger partial charge in [-0.1, -0.05) is 0 Å². The minimum absolute atomic E-state index is 0.228. The van der Waals surface area contributed by atoms with Crippen LogP contribution in [0.5, 0.6) is 0 Å². The second kappa shape index (κ2) is 4.97. The van der Waals surface area contributed by atoms with E-state index in [4.69, 9.17) is 5.11 Å².